The molecule has 0 aromatic carbocycles. The molecule has 0 radical (unpaired) electrons. The van der Waals surface area contributed by atoms with Gasteiger partial charge in [-0.3, -0.25) is 0 Å². The van der Waals surface area contributed by atoms with Gasteiger partial charge in [0, 0.05) is 18.0 Å². The predicted molar refractivity (Wildman–Crippen MR) is 73.4 cm³/mol. The fraction of sp³-hybridized carbons (Fsp3) is 0.667. The van der Waals surface area contributed by atoms with E-state index in [-0.39, 0.29) is 17.9 Å². The van der Waals surface area contributed by atoms with E-state index in [1.54, 1.807) is 18.3 Å². The number of sulfonamides is 1. The molecular weight excluding hydrogens is 270 g/mol. The second-order valence-electron chi connectivity index (χ2n) is 4.69. The first-order chi connectivity index (χ1) is 8.52. The lowest BCUT2D eigenvalue weighted by Gasteiger charge is -2.24. The van der Waals surface area contributed by atoms with Crippen molar-refractivity contribution in [1.82, 2.24) is 4.72 Å². The average molecular weight is 289 g/mol. The van der Waals surface area contributed by atoms with Gasteiger partial charge in [0.05, 0.1) is 11.9 Å². The molecule has 1 aromatic rings. The lowest BCUT2D eigenvalue weighted by molar-refractivity contribution is 0.136. The molecule has 2 atom stereocenters. The van der Waals surface area contributed by atoms with E-state index in [0.717, 1.165) is 24.8 Å². The van der Waals surface area contributed by atoms with Crippen molar-refractivity contribution in [2.24, 2.45) is 0 Å². The Labute approximate surface area is 112 Å². The van der Waals surface area contributed by atoms with E-state index in [4.69, 9.17) is 4.74 Å². The fourth-order valence-electron chi connectivity index (χ4n) is 2.25. The molecule has 0 saturated heterocycles. The first-order valence-electron chi connectivity index (χ1n) is 6.11. The van der Waals surface area contributed by atoms with Gasteiger partial charge in [-0.25, -0.2) is 13.1 Å². The highest BCUT2D eigenvalue weighted by Gasteiger charge is 2.26. The van der Waals surface area contributed by atoms with Crippen molar-refractivity contribution in [3.8, 4) is 0 Å². The van der Waals surface area contributed by atoms with Crippen molar-refractivity contribution < 1.29 is 13.2 Å². The van der Waals surface area contributed by atoms with Crippen LogP contribution in [0.15, 0.2) is 11.4 Å². The van der Waals surface area contributed by atoms with E-state index in [2.05, 4.69) is 4.72 Å². The highest BCUT2D eigenvalue weighted by Crippen LogP contribution is 2.33. The molecule has 1 aromatic heterocycles. The van der Waals surface area contributed by atoms with Gasteiger partial charge in [0.25, 0.3) is 0 Å². The number of fused-ring (bicyclic) bond motifs is 1. The molecule has 0 bridgehead atoms. The van der Waals surface area contributed by atoms with Crippen LogP contribution in [0, 0.1) is 0 Å². The molecule has 0 fully saturated rings. The number of ether oxygens (including phenoxy) is 1. The highest BCUT2D eigenvalue weighted by atomic mass is 32.2. The zero-order valence-corrected chi connectivity index (χ0v) is 12.3. The number of rotatable bonds is 5. The number of aryl methyl sites for hydroxylation is 1. The van der Waals surface area contributed by atoms with Crippen molar-refractivity contribution in [1.29, 1.82) is 0 Å². The fourth-order valence-corrected chi connectivity index (χ4v) is 4.77. The molecule has 4 nitrogen and oxygen atoms in total. The van der Waals surface area contributed by atoms with Crippen LogP contribution in [0.1, 0.15) is 36.2 Å². The third kappa shape index (κ3) is 3.32. The van der Waals surface area contributed by atoms with E-state index in [0.29, 0.717) is 0 Å². The van der Waals surface area contributed by atoms with Crippen LogP contribution >= 0.6 is 11.3 Å². The summed E-state index contributed by atoms with van der Waals surface area (Å²) in [6.45, 7) is 1.76. The number of methoxy groups -OCH3 is 1. The molecule has 1 heterocycles. The van der Waals surface area contributed by atoms with Crippen LogP contribution < -0.4 is 4.72 Å². The topological polar surface area (TPSA) is 55.4 Å². The molecule has 6 heteroatoms. The molecule has 0 spiro atoms. The van der Waals surface area contributed by atoms with Gasteiger partial charge in [-0.15, -0.1) is 11.3 Å². The largest absolute Gasteiger partial charge is 0.381 e. The molecular formula is C12H19NO3S2. The molecule has 102 valence electrons. The maximum Gasteiger partial charge on any atom is 0.214 e. The second-order valence-corrected chi connectivity index (χ2v) is 7.49. The van der Waals surface area contributed by atoms with Crippen LogP contribution in [-0.4, -0.2) is 27.4 Å². The summed E-state index contributed by atoms with van der Waals surface area (Å²) < 4.78 is 31.8. The van der Waals surface area contributed by atoms with Gasteiger partial charge in [0.1, 0.15) is 0 Å². The van der Waals surface area contributed by atoms with E-state index in [1.165, 1.54) is 12.0 Å². The highest BCUT2D eigenvalue weighted by molar-refractivity contribution is 7.89. The average Bonchev–Trinajstić information content (AvgIpc) is 2.77. The van der Waals surface area contributed by atoms with Gasteiger partial charge in [0.2, 0.25) is 10.0 Å². The Morgan fingerprint density at radius 1 is 1.61 bits per heavy atom. The Balaban J connectivity index is 2.07. The van der Waals surface area contributed by atoms with Crippen molar-refractivity contribution >= 4 is 21.4 Å². The summed E-state index contributed by atoms with van der Waals surface area (Å²) in [6, 6.07) is 1.97. The molecule has 1 N–H and O–H groups in total. The second kappa shape index (κ2) is 5.69. The summed E-state index contributed by atoms with van der Waals surface area (Å²) in [6.07, 6.45) is 2.71. The summed E-state index contributed by atoms with van der Waals surface area (Å²) in [4.78, 5) is 1.31. The zero-order valence-electron chi connectivity index (χ0n) is 10.7. The Morgan fingerprint density at radius 2 is 2.39 bits per heavy atom. The van der Waals surface area contributed by atoms with Gasteiger partial charge in [-0.1, -0.05) is 0 Å². The first-order valence-corrected chi connectivity index (χ1v) is 8.64. The van der Waals surface area contributed by atoms with Crippen LogP contribution in [0.5, 0.6) is 0 Å². The number of thiophene rings is 1. The van der Waals surface area contributed by atoms with E-state index in [9.17, 15) is 8.42 Å². The summed E-state index contributed by atoms with van der Waals surface area (Å²) in [5.74, 6) is 0.0134. The molecule has 2 rings (SSSR count). The molecule has 0 unspecified atom stereocenters. The van der Waals surface area contributed by atoms with Gasteiger partial charge >= 0.3 is 0 Å². The zero-order chi connectivity index (χ0) is 13.2. The van der Waals surface area contributed by atoms with Crippen molar-refractivity contribution in [3.63, 3.8) is 0 Å². The van der Waals surface area contributed by atoms with Crippen molar-refractivity contribution in [3.05, 3.63) is 21.9 Å². The van der Waals surface area contributed by atoms with Crippen LogP contribution in [-0.2, 0) is 21.2 Å². The standard InChI is InChI=1S/C12H19NO3S2/c1-9(16-2)8-18(14,15)13-11-4-3-5-12-10(11)6-7-17-12/h6-7,9,11,13H,3-5,8H2,1-2H3/t9-,11+/m1/s1. The third-order valence-corrected chi connectivity index (χ3v) is 5.78. The normalized spacial score (nSPS) is 21.6. The SMILES string of the molecule is CO[C@H](C)CS(=O)(=O)N[C@H]1CCCc2sccc21. The van der Waals surface area contributed by atoms with Gasteiger partial charge in [0.15, 0.2) is 0 Å². The van der Waals surface area contributed by atoms with Gasteiger partial charge in [-0.05, 0) is 43.2 Å². The smallest absolute Gasteiger partial charge is 0.214 e. The molecule has 1 aliphatic rings. The minimum absolute atomic E-state index is 0.0134. The maximum absolute atomic E-state index is 12.0. The maximum atomic E-state index is 12.0. The van der Waals surface area contributed by atoms with Crippen molar-refractivity contribution in [2.45, 2.75) is 38.3 Å². The predicted octanol–water partition coefficient (Wildman–Crippen LogP) is 2.08. The monoisotopic (exact) mass is 289 g/mol. The van der Waals surface area contributed by atoms with Crippen LogP contribution in [0.25, 0.3) is 0 Å². The Bertz CT molecular complexity index is 495. The Kier molecular flexibility index (Phi) is 4.42. The minimum Gasteiger partial charge on any atom is -0.381 e. The molecule has 0 saturated carbocycles. The number of nitrogens with one attached hydrogen (secondary N) is 1. The molecule has 18 heavy (non-hydrogen) atoms. The van der Waals surface area contributed by atoms with E-state index >= 15 is 0 Å². The van der Waals surface area contributed by atoms with Crippen LogP contribution in [0.2, 0.25) is 0 Å². The molecule has 0 aliphatic heterocycles. The van der Waals surface area contributed by atoms with Crippen molar-refractivity contribution in [2.75, 3.05) is 12.9 Å². The lowest BCUT2D eigenvalue weighted by Crippen LogP contribution is -2.35. The summed E-state index contributed by atoms with van der Waals surface area (Å²) in [7, 11) is -1.76. The lowest BCUT2D eigenvalue weighted by atomic mass is 9.95. The number of hydrogen-bond acceptors (Lipinski definition) is 4. The Morgan fingerprint density at radius 3 is 3.11 bits per heavy atom. The summed E-state index contributed by atoms with van der Waals surface area (Å²) in [5, 5.41) is 2.04. The minimum atomic E-state index is -3.28. The quantitative estimate of drug-likeness (QED) is 0.903. The molecule has 1 aliphatic carbocycles. The molecule has 0 amide bonds. The van der Waals surface area contributed by atoms with Crippen LogP contribution in [0.3, 0.4) is 0 Å². The number of hydrogen-bond donors (Lipinski definition) is 1. The third-order valence-electron chi connectivity index (χ3n) is 3.23. The van der Waals surface area contributed by atoms with Crippen LogP contribution in [0.4, 0.5) is 0 Å². The first kappa shape index (κ1) is 14.0. The van der Waals surface area contributed by atoms with Gasteiger partial charge in [-0.2, -0.15) is 0 Å². The Hall–Kier alpha value is -0.430. The van der Waals surface area contributed by atoms with E-state index in [1.807, 2.05) is 11.4 Å². The van der Waals surface area contributed by atoms with E-state index < -0.39 is 10.0 Å². The summed E-state index contributed by atoms with van der Waals surface area (Å²) in [5.41, 5.74) is 1.15. The summed E-state index contributed by atoms with van der Waals surface area (Å²) >= 11 is 1.71. The van der Waals surface area contributed by atoms with Gasteiger partial charge < -0.3 is 4.74 Å².